The number of rotatable bonds is 4. The molecular weight excluding hydrogens is 388 g/mol. The number of fused-ring (bicyclic) bond motifs is 1. The van der Waals surface area contributed by atoms with Crippen molar-refractivity contribution in [1.29, 1.82) is 0 Å². The van der Waals surface area contributed by atoms with Gasteiger partial charge >= 0.3 is 0 Å². The summed E-state index contributed by atoms with van der Waals surface area (Å²) in [5, 5.41) is 3.41. The minimum atomic E-state index is -0.219. The van der Waals surface area contributed by atoms with E-state index in [-0.39, 0.29) is 12.5 Å². The van der Waals surface area contributed by atoms with Crippen molar-refractivity contribution in [3.63, 3.8) is 0 Å². The van der Waals surface area contributed by atoms with E-state index in [2.05, 4.69) is 45.3 Å². The molecule has 0 aliphatic heterocycles. The van der Waals surface area contributed by atoms with Crippen LogP contribution in [0.3, 0.4) is 0 Å². The number of hydrogen-bond donors (Lipinski definition) is 1. The number of carbonyl (C=O) groups is 1. The van der Waals surface area contributed by atoms with Crippen molar-refractivity contribution in [2.45, 2.75) is 20.8 Å². The Morgan fingerprint density at radius 1 is 1.21 bits per heavy atom. The van der Waals surface area contributed by atoms with Crippen LogP contribution in [0, 0.1) is 20.8 Å². The largest absolute Gasteiger partial charge is 0.484 e. The molecule has 0 saturated heterocycles. The van der Waals surface area contributed by atoms with Gasteiger partial charge < -0.3 is 4.74 Å². The van der Waals surface area contributed by atoms with Crippen molar-refractivity contribution in [2.75, 3.05) is 11.9 Å². The quantitative estimate of drug-likeness (QED) is 0.665. The van der Waals surface area contributed by atoms with E-state index in [4.69, 9.17) is 4.74 Å². The van der Waals surface area contributed by atoms with Crippen LogP contribution < -0.4 is 10.1 Å². The maximum absolute atomic E-state index is 12.1. The van der Waals surface area contributed by atoms with Gasteiger partial charge in [0, 0.05) is 4.47 Å². The van der Waals surface area contributed by atoms with Gasteiger partial charge in [-0.05, 0) is 61.7 Å². The van der Waals surface area contributed by atoms with Gasteiger partial charge in [-0.25, -0.2) is 4.98 Å². The summed E-state index contributed by atoms with van der Waals surface area (Å²) in [6.07, 6.45) is 0. The normalized spacial score (nSPS) is 10.8. The Balaban J connectivity index is 1.66. The van der Waals surface area contributed by atoms with Crippen molar-refractivity contribution in [3.05, 3.63) is 51.5 Å². The highest BCUT2D eigenvalue weighted by Crippen LogP contribution is 2.29. The van der Waals surface area contributed by atoms with E-state index >= 15 is 0 Å². The molecule has 0 spiro atoms. The van der Waals surface area contributed by atoms with Crippen LogP contribution in [-0.4, -0.2) is 17.5 Å². The van der Waals surface area contributed by atoms with Gasteiger partial charge in [0.2, 0.25) is 0 Å². The molecule has 3 rings (SSSR count). The van der Waals surface area contributed by atoms with Crippen LogP contribution in [0.1, 0.15) is 16.7 Å². The maximum Gasteiger partial charge on any atom is 0.264 e. The van der Waals surface area contributed by atoms with Crippen LogP contribution in [0.15, 0.2) is 34.8 Å². The van der Waals surface area contributed by atoms with Crippen molar-refractivity contribution in [3.8, 4) is 5.75 Å². The molecule has 24 heavy (non-hydrogen) atoms. The summed E-state index contributed by atoms with van der Waals surface area (Å²) in [6, 6.07) is 9.79. The SMILES string of the molecule is Cc1cc(C)c2nc(NC(=O)COc3ccc(Br)c(C)c3)sc2c1. The van der Waals surface area contributed by atoms with E-state index in [0.29, 0.717) is 10.9 Å². The molecule has 1 aromatic heterocycles. The zero-order chi connectivity index (χ0) is 17.3. The smallest absolute Gasteiger partial charge is 0.264 e. The fraction of sp³-hybridized carbons (Fsp3) is 0.222. The first-order chi connectivity index (χ1) is 11.4. The highest BCUT2D eigenvalue weighted by molar-refractivity contribution is 9.10. The molecule has 6 heteroatoms. The summed E-state index contributed by atoms with van der Waals surface area (Å²) in [5.41, 5.74) is 4.30. The van der Waals surface area contributed by atoms with Crippen LogP contribution in [-0.2, 0) is 4.79 Å². The molecular formula is C18H17BrN2O2S. The molecule has 0 bridgehead atoms. The van der Waals surface area contributed by atoms with E-state index in [0.717, 1.165) is 25.8 Å². The van der Waals surface area contributed by atoms with Crippen molar-refractivity contribution in [1.82, 2.24) is 4.98 Å². The molecule has 0 unspecified atom stereocenters. The number of amides is 1. The van der Waals surface area contributed by atoms with E-state index in [1.54, 1.807) is 0 Å². The number of thiazole rings is 1. The topological polar surface area (TPSA) is 51.2 Å². The molecule has 2 aromatic carbocycles. The molecule has 1 amide bonds. The second-order valence-electron chi connectivity index (χ2n) is 5.70. The van der Waals surface area contributed by atoms with Gasteiger partial charge in [-0.2, -0.15) is 0 Å². The number of anilines is 1. The van der Waals surface area contributed by atoms with Crippen molar-refractivity contribution in [2.24, 2.45) is 0 Å². The summed E-state index contributed by atoms with van der Waals surface area (Å²) < 4.78 is 7.63. The Morgan fingerprint density at radius 3 is 2.75 bits per heavy atom. The Hall–Kier alpha value is -1.92. The Kier molecular flexibility index (Phi) is 4.87. The zero-order valence-electron chi connectivity index (χ0n) is 13.6. The van der Waals surface area contributed by atoms with Gasteiger partial charge in [-0.1, -0.05) is 33.3 Å². The molecule has 4 nitrogen and oxygen atoms in total. The van der Waals surface area contributed by atoms with Gasteiger partial charge in [0.25, 0.3) is 5.91 Å². The number of benzene rings is 2. The Bertz CT molecular complexity index is 921. The van der Waals surface area contributed by atoms with Crippen LogP contribution in [0.5, 0.6) is 5.75 Å². The predicted molar refractivity (Wildman–Crippen MR) is 102 cm³/mol. The van der Waals surface area contributed by atoms with Crippen LogP contribution in [0.2, 0.25) is 0 Å². The van der Waals surface area contributed by atoms with Gasteiger partial charge in [-0.15, -0.1) is 0 Å². The van der Waals surface area contributed by atoms with Gasteiger partial charge in [0.1, 0.15) is 5.75 Å². The van der Waals surface area contributed by atoms with E-state index in [1.807, 2.05) is 32.0 Å². The molecule has 0 fully saturated rings. The number of halogens is 1. The summed E-state index contributed by atoms with van der Waals surface area (Å²) in [5.74, 6) is 0.450. The minimum Gasteiger partial charge on any atom is -0.484 e. The van der Waals surface area contributed by atoms with Crippen LogP contribution in [0.25, 0.3) is 10.2 Å². The third kappa shape index (κ3) is 3.76. The fourth-order valence-corrected chi connectivity index (χ4v) is 3.74. The highest BCUT2D eigenvalue weighted by Gasteiger charge is 2.10. The molecule has 0 radical (unpaired) electrons. The van der Waals surface area contributed by atoms with Crippen LogP contribution in [0.4, 0.5) is 5.13 Å². The zero-order valence-corrected chi connectivity index (χ0v) is 16.0. The molecule has 1 N–H and O–H groups in total. The average molecular weight is 405 g/mol. The highest BCUT2D eigenvalue weighted by atomic mass is 79.9. The first kappa shape index (κ1) is 16.9. The number of aromatic nitrogens is 1. The Labute approximate surface area is 153 Å². The summed E-state index contributed by atoms with van der Waals surface area (Å²) >= 11 is 4.91. The molecule has 124 valence electrons. The van der Waals surface area contributed by atoms with Gasteiger partial charge in [-0.3, -0.25) is 10.1 Å². The first-order valence-electron chi connectivity index (χ1n) is 7.49. The molecule has 0 aliphatic carbocycles. The molecule has 0 aliphatic rings. The second-order valence-corrected chi connectivity index (χ2v) is 7.58. The third-order valence-corrected chi connectivity index (χ3v) is 5.38. The van der Waals surface area contributed by atoms with E-state index < -0.39 is 0 Å². The number of nitrogens with zero attached hydrogens (tertiary/aromatic N) is 1. The second kappa shape index (κ2) is 6.91. The summed E-state index contributed by atoms with van der Waals surface area (Å²) in [4.78, 5) is 16.6. The number of aryl methyl sites for hydroxylation is 3. The maximum atomic E-state index is 12.1. The molecule has 0 saturated carbocycles. The lowest BCUT2D eigenvalue weighted by molar-refractivity contribution is -0.118. The predicted octanol–water partition coefficient (Wildman–Crippen LogP) is 5.00. The summed E-state index contributed by atoms with van der Waals surface area (Å²) in [6.45, 7) is 6.01. The van der Waals surface area contributed by atoms with Crippen molar-refractivity contribution >= 4 is 48.5 Å². The minimum absolute atomic E-state index is 0.0466. The fourth-order valence-electron chi connectivity index (χ4n) is 2.44. The van der Waals surface area contributed by atoms with E-state index in [9.17, 15) is 4.79 Å². The lowest BCUT2D eigenvalue weighted by atomic mass is 10.1. The molecule has 0 atom stereocenters. The lowest BCUT2D eigenvalue weighted by Gasteiger charge is -2.07. The summed E-state index contributed by atoms with van der Waals surface area (Å²) in [7, 11) is 0. The van der Waals surface area contributed by atoms with E-state index in [1.165, 1.54) is 16.9 Å². The average Bonchev–Trinajstić information content (AvgIpc) is 2.91. The molecule has 1 heterocycles. The number of hydrogen-bond acceptors (Lipinski definition) is 4. The van der Waals surface area contributed by atoms with Crippen LogP contribution >= 0.6 is 27.3 Å². The first-order valence-corrected chi connectivity index (χ1v) is 9.10. The monoisotopic (exact) mass is 404 g/mol. The Morgan fingerprint density at radius 2 is 2.00 bits per heavy atom. The standard InChI is InChI=1S/C18H17BrN2O2S/c1-10-6-12(3)17-15(7-10)24-18(21-17)20-16(22)9-23-13-4-5-14(19)11(2)8-13/h4-8H,9H2,1-3H3,(H,20,21,22). The van der Waals surface area contributed by atoms with Crippen molar-refractivity contribution < 1.29 is 9.53 Å². The third-order valence-electron chi connectivity index (χ3n) is 3.58. The number of ether oxygens (including phenoxy) is 1. The lowest BCUT2D eigenvalue weighted by Crippen LogP contribution is -2.20. The van der Waals surface area contributed by atoms with Gasteiger partial charge in [0.05, 0.1) is 10.2 Å². The van der Waals surface area contributed by atoms with Gasteiger partial charge in [0.15, 0.2) is 11.7 Å². The molecule has 3 aromatic rings. The number of carbonyl (C=O) groups excluding carboxylic acids is 1. The number of nitrogens with one attached hydrogen (secondary N) is 1.